The molecule has 8 heteroatoms. The second-order valence-electron chi connectivity index (χ2n) is 8.80. The lowest BCUT2D eigenvalue weighted by molar-refractivity contribution is -0.0472. The fourth-order valence-electron chi connectivity index (χ4n) is 4.17. The van der Waals surface area contributed by atoms with Crippen LogP contribution in [-0.2, 0) is 17.7 Å². The summed E-state index contributed by atoms with van der Waals surface area (Å²) in [5, 5.41) is 5.17. The zero-order chi connectivity index (χ0) is 23.2. The Bertz CT molecular complexity index is 1240. The summed E-state index contributed by atoms with van der Waals surface area (Å²) in [6.45, 7) is 4.11. The minimum atomic E-state index is -0.736. The van der Waals surface area contributed by atoms with Gasteiger partial charge in [0, 0.05) is 11.6 Å². The maximum Gasteiger partial charge on any atom is 0.150 e. The quantitative estimate of drug-likeness (QED) is 0.464. The number of aryl methyl sites for hydroxylation is 2. The first-order valence-corrected chi connectivity index (χ1v) is 11.7. The van der Waals surface area contributed by atoms with Crippen molar-refractivity contribution in [2.75, 3.05) is 6.61 Å². The van der Waals surface area contributed by atoms with Crippen molar-refractivity contribution < 1.29 is 14.0 Å². The third-order valence-electron chi connectivity index (χ3n) is 6.04. The Labute approximate surface area is 202 Å². The zero-order valence-corrected chi connectivity index (χ0v) is 19.9. The Balaban J connectivity index is 1.39. The number of halogens is 3. The van der Waals surface area contributed by atoms with E-state index in [4.69, 9.17) is 32.8 Å². The number of nitrogens with zero attached hydrogens (tertiary/aromatic N) is 2. The molecule has 0 amide bonds. The summed E-state index contributed by atoms with van der Waals surface area (Å²) in [4.78, 5) is 5.79. The smallest absolute Gasteiger partial charge is 0.150 e. The van der Waals surface area contributed by atoms with Gasteiger partial charge in [-0.1, -0.05) is 53.0 Å². The van der Waals surface area contributed by atoms with Crippen molar-refractivity contribution in [2.24, 2.45) is 0 Å². The van der Waals surface area contributed by atoms with Gasteiger partial charge in [-0.25, -0.2) is 9.07 Å². The van der Waals surface area contributed by atoms with E-state index in [2.05, 4.69) is 10.6 Å². The Kier molecular flexibility index (Phi) is 5.85. The van der Waals surface area contributed by atoms with Crippen LogP contribution in [-0.4, -0.2) is 22.0 Å². The van der Waals surface area contributed by atoms with E-state index in [1.165, 1.54) is 16.3 Å². The Morgan fingerprint density at radius 1 is 1.18 bits per heavy atom. The molecule has 1 aromatic heterocycles. The zero-order valence-electron chi connectivity index (χ0n) is 18.4. The monoisotopic (exact) mass is 487 g/mol. The van der Waals surface area contributed by atoms with Crippen molar-refractivity contribution >= 4 is 28.9 Å². The van der Waals surface area contributed by atoms with Crippen LogP contribution in [0.4, 0.5) is 4.39 Å². The van der Waals surface area contributed by atoms with Gasteiger partial charge in [0.25, 0.3) is 0 Å². The first-order valence-electron chi connectivity index (χ1n) is 11.0. The van der Waals surface area contributed by atoms with Crippen LogP contribution in [0.2, 0.25) is 10.2 Å². The summed E-state index contributed by atoms with van der Waals surface area (Å²) in [7, 11) is 0. The summed E-state index contributed by atoms with van der Waals surface area (Å²) in [5.41, 5.74) is 7.43. The number of fused-ring (bicyclic) bond motifs is 1. The maximum absolute atomic E-state index is 14.8. The van der Waals surface area contributed by atoms with Gasteiger partial charge in [0.15, 0.2) is 5.82 Å². The average molecular weight is 488 g/mol. The fraction of sp³-hybridized carbons (Fsp3) is 0.320. The molecular formula is C25H24Cl2FN3O2. The van der Waals surface area contributed by atoms with Crippen LogP contribution in [0, 0.1) is 12.7 Å². The highest BCUT2D eigenvalue weighted by Crippen LogP contribution is 2.35. The molecule has 172 valence electrons. The SMILES string of the molecule is Cc1ccc(C2=CC(C)(COc3cc(-n4nc5c(c4Cl)CCCC5)c(F)cc3Cl)ON2)cc1. The number of hydroxylamine groups is 1. The third kappa shape index (κ3) is 4.35. The van der Waals surface area contributed by atoms with E-state index in [0.717, 1.165) is 48.2 Å². The summed E-state index contributed by atoms with van der Waals surface area (Å²) in [6.07, 6.45) is 5.78. The van der Waals surface area contributed by atoms with Gasteiger partial charge in [-0.15, -0.1) is 0 Å². The molecule has 2 heterocycles. The van der Waals surface area contributed by atoms with Gasteiger partial charge < -0.3 is 4.74 Å². The van der Waals surface area contributed by atoms with Crippen molar-refractivity contribution in [1.82, 2.24) is 15.3 Å². The summed E-state index contributed by atoms with van der Waals surface area (Å²) in [5.74, 6) is -0.180. The fourth-order valence-corrected chi connectivity index (χ4v) is 4.71. The lowest BCUT2D eigenvalue weighted by atomic mass is 9.99. The number of nitrogens with one attached hydrogen (secondary N) is 1. The highest BCUT2D eigenvalue weighted by atomic mass is 35.5. The molecule has 5 rings (SSSR count). The summed E-state index contributed by atoms with van der Waals surface area (Å²) in [6, 6.07) is 10.9. The molecule has 1 atom stereocenters. The number of rotatable bonds is 5. The lowest BCUT2D eigenvalue weighted by Crippen LogP contribution is -2.33. The van der Waals surface area contributed by atoms with E-state index in [9.17, 15) is 4.39 Å². The molecular weight excluding hydrogens is 464 g/mol. The predicted molar refractivity (Wildman–Crippen MR) is 127 cm³/mol. The molecule has 1 aliphatic carbocycles. The molecule has 0 bridgehead atoms. The van der Waals surface area contributed by atoms with E-state index in [1.807, 2.05) is 44.2 Å². The Morgan fingerprint density at radius 3 is 2.70 bits per heavy atom. The van der Waals surface area contributed by atoms with Crippen LogP contribution in [0.5, 0.6) is 5.75 Å². The molecule has 1 aliphatic heterocycles. The summed E-state index contributed by atoms with van der Waals surface area (Å²) < 4.78 is 22.3. The molecule has 33 heavy (non-hydrogen) atoms. The topological polar surface area (TPSA) is 48.3 Å². The van der Waals surface area contributed by atoms with E-state index in [-0.39, 0.29) is 17.3 Å². The Hall–Kier alpha value is -2.54. The number of hydrogen-bond donors (Lipinski definition) is 1. The highest BCUT2D eigenvalue weighted by molar-refractivity contribution is 6.32. The van der Waals surface area contributed by atoms with Crippen LogP contribution in [0.3, 0.4) is 0 Å². The van der Waals surface area contributed by atoms with Gasteiger partial charge in [0.1, 0.15) is 28.8 Å². The van der Waals surface area contributed by atoms with E-state index in [1.54, 1.807) is 6.07 Å². The number of hydrogen-bond acceptors (Lipinski definition) is 4. The van der Waals surface area contributed by atoms with Crippen molar-refractivity contribution in [3.8, 4) is 11.4 Å². The molecule has 0 spiro atoms. The molecule has 3 aromatic rings. The van der Waals surface area contributed by atoms with Crippen LogP contribution in [0.1, 0.15) is 42.1 Å². The average Bonchev–Trinajstić information content (AvgIpc) is 3.35. The molecule has 2 aliphatic rings. The minimum Gasteiger partial charge on any atom is -0.488 e. The van der Waals surface area contributed by atoms with Gasteiger partial charge in [0.2, 0.25) is 0 Å². The van der Waals surface area contributed by atoms with Crippen molar-refractivity contribution in [3.63, 3.8) is 0 Å². The molecule has 5 nitrogen and oxygen atoms in total. The Morgan fingerprint density at radius 2 is 1.94 bits per heavy atom. The van der Waals surface area contributed by atoms with E-state index >= 15 is 0 Å². The van der Waals surface area contributed by atoms with Crippen molar-refractivity contribution in [3.05, 3.63) is 80.9 Å². The normalized spacial score (nSPS) is 19.7. The summed E-state index contributed by atoms with van der Waals surface area (Å²) >= 11 is 12.9. The third-order valence-corrected chi connectivity index (χ3v) is 6.73. The number of benzene rings is 2. The number of aromatic nitrogens is 2. The van der Waals surface area contributed by atoms with E-state index in [0.29, 0.717) is 10.9 Å². The molecule has 0 saturated carbocycles. The van der Waals surface area contributed by atoms with Crippen LogP contribution in [0.15, 0.2) is 42.5 Å². The molecule has 1 N–H and O–H groups in total. The second kappa shape index (κ2) is 8.67. The van der Waals surface area contributed by atoms with Crippen LogP contribution < -0.4 is 10.2 Å². The molecule has 1 unspecified atom stereocenters. The molecule has 0 fully saturated rings. The van der Waals surface area contributed by atoms with Gasteiger partial charge in [-0.2, -0.15) is 5.10 Å². The maximum atomic E-state index is 14.8. The first-order chi connectivity index (χ1) is 15.8. The second-order valence-corrected chi connectivity index (χ2v) is 9.56. The molecule has 0 radical (unpaired) electrons. The molecule has 2 aromatic carbocycles. The molecule has 0 saturated heterocycles. The van der Waals surface area contributed by atoms with Crippen molar-refractivity contribution in [2.45, 2.75) is 45.1 Å². The predicted octanol–water partition coefficient (Wildman–Crippen LogP) is 6.22. The highest BCUT2D eigenvalue weighted by Gasteiger charge is 2.32. The number of ether oxygens (including phenoxy) is 1. The lowest BCUT2D eigenvalue weighted by Gasteiger charge is -2.21. The van der Waals surface area contributed by atoms with Gasteiger partial charge in [-0.3, -0.25) is 10.3 Å². The first kappa shape index (κ1) is 22.3. The van der Waals surface area contributed by atoms with Gasteiger partial charge in [0.05, 0.1) is 16.4 Å². The van der Waals surface area contributed by atoms with Crippen LogP contribution >= 0.6 is 23.2 Å². The largest absolute Gasteiger partial charge is 0.488 e. The standard InChI is InChI=1S/C25H24Cl2FN3O2/c1-15-7-9-16(10-8-15)21-13-25(2,33-30-21)14-32-23-12-22(19(28)11-18(23)26)31-24(27)17-5-3-4-6-20(17)29-31/h7-13,30H,3-6,14H2,1-2H3. The van der Waals surface area contributed by atoms with E-state index < -0.39 is 11.4 Å². The minimum absolute atomic E-state index is 0.168. The van der Waals surface area contributed by atoms with Crippen LogP contribution in [0.25, 0.3) is 11.4 Å². The van der Waals surface area contributed by atoms with Crippen molar-refractivity contribution in [1.29, 1.82) is 0 Å². The van der Waals surface area contributed by atoms with Gasteiger partial charge >= 0.3 is 0 Å². The van der Waals surface area contributed by atoms with Gasteiger partial charge in [-0.05, 0) is 57.2 Å².